The standard InChI is InChI=1S/C15H24N2O3/c16-12(1-2-13(18)19)14(20)17-15-6-9-3-10(7-15)5-11(4-9)8-15/h9-12H,1-8,16H2,(H,17,20)(H,18,19)/t9?,10?,11?,12-,15?/m1/s1. The van der Waals surface area contributed by atoms with Crippen molar-refractivity contribution in [3.05, 3.63) is 0 Å². The molecule has 112 valence electrons. The van der Waals surface area contributed by atoms with Gasteiger partial charge in [-0.15, -0.1) is 0 Å². The van der Waals surface area contributed by atoms with Crippen molar-refractivity contribution in [2.45, 2.75) is 62.9 Å². The molecule has 0 heterocycles. The van der Waals surface area contributed by atoms with Crippen molar-refractivity contribution < 1.29 is 14.7 Å². The molecular formula is C15H24N2O3. The van der Waals surface area contributed by atoms with Gasteiger partial charge in [-0.2, -0.15) is 0 Å². The van der Waals surface area contributed by atoms with E-state index >= 15 is 0 Å². The zero-order valence-corrected chi connectivity index (χ0v) is 11.8. The number of carboxylic acid groups (broad SMARTS) is 1. The minimum Gasteiger partial charge on any atom is -0.481 e. The molecule has 4 bridgehead atoms. The van der Waals surface area contributed by atoms with Crippen molar-refractivity contribution in [2.75, 3.05) is 0 Å². The number of aliphatic carboxylic acids is 1. The summed E-state index contributed by atoms with van der Waals surface area (Å²) in [4.78, 5) is 22.8. The Morgan fingerprint density at radius 2 is 1.65 bits per heavy atom. The summed E-state index contributed by atoms with van der Waals surface area (Å²) in [6.07, 6.45) is 7.45. The molecule has 4 aliphatic rings. The number of rotatable bonds is 5. The summed E-state index contributed by atoms with van der Waals surface area (Å²) in [5.74, 6) is 1.27. The van der Waals surface area contributed by atoms with Crippen LogP contribution in [0.5, 0.6) is 0 Å². The highest BCUT2D eigenvalue weighted by Crippen LogP contribution is 2.55. The van der Waals surface area contributed by atoms with Gasteiger partial charge < -0.3 is 16.2 Å². The fraction of sp³-hybridized carbons (Fsp3) is 0.867. The van der Waals surface area contributed by atoms with Gasteiger partial charge in [0.15, 0.2) is 0 Å². The highest BCUT2D eigenvalue weighted by molar-refractivity contribution is 5.83. The maximum Gasteiger partial charge on any atom is 0.303 e. The maximum atomic E-state index is 12.2. The predicted octanol–water partition coefficient (Wildman–Crippen LogP) is 1.26. The summed E-state index contributed by atoms with van der Waals surface area (Å²) in [5.41, 5.74) is 5.78. The van der Waals surface area contributed by atoms with E-state index < -0.39 is 12.0 Å². The first-order valence-electron chi connectivity index (χ1n) is 7.75. The van der Waals surface area contributed by atoms with Crippen molar-refractivity contribution in [3.8, 4) is 0 Å². The normalized spacial score (nSPS) is 39.5. The minimum absolute atomic E-state index is 0.0350. The van der Waals surface area contributed by atoms with E-state index in [0.717, 1.165) is 37.0 Å². The van der Waals surface area contributed by atoms with Crippen molar-refractivity contribution >= 4 is 11.9 Å². The van der Waals surface area contributed by atoms with Gasteiger partial charge in [0.2, 0.25) is 5.91 Å². The topological polar surface area (TPSA) is 92.4 Å². The average molecular weight is 280 g/mol. The Morgan fingerprint density at radius 3 is 2.10 bits per heavy atom. The van der Waals surface area contributed by atoms with Crippen molar-refractivity contribution in [1.82, 2.24) is 5.32 Å². The first-order valence-corrected chi connectivity index (χ1v) is 7.75. The Hall–Kier alpha value is -1.10. The summed E-state index contributed by atoms with van der Waals surface area (Å²) in [6.45, 7) is 0. The van der Waals surface area contributed by atoms with Crippen molar-refractivity contribution in [2.24, 2.45) is 23.5 Å². The van der Waals surface area contributed by atoms with Crippen LogP contribution in [0.25, 0.3) is 0 Å². The third-order valence-corrected chi connectivity index (χ3v) is 5.43. The Labute approximate surface area is 119 Å². The lowest BCUT2D eigenvalue weighted by Gasteiger charge is -2.57. The van der Waals surface area contributed by atoms with Crippen LogP contribution in [0.1, 0.15) is 51.4 Å². The molecule has 0 unspecified atom stereocenters. The first kappa shape index (κ1) is 13.9. The molecule has 0 radical (unpaired) electrons. The van der Waals surface area contributed by atoms with Crippen LogP contribution in [-0.2, 0) is 9.59 Å². The number of carbonyl (C=O) groups excluding carboxylic acids is 1. The van der Waals surface area contributed by atoms with Crippen LogP contribution >= 0.6 is 0 Å². The summed E-state index contributed by atoms with van der Waals surface area (Å²) in [7, 11) is 0. The molecule has 1 amide bonds. The van der Waals surface area contributed by atoms with Crippen LogP contribution in [0.3, 0.4) is 0 Å². The predicted molar refractivity (Wildman–Crippen MR) is 73.9 cm³/mol. The third kappa shape index (κ3) is 2.68. The molecule has 1 atom stereocenters. The number of carbonyl (C=O) groups is 2. The molecule has 0 aromatic carbocycles. The molecule has 20 heavy (non-hydrogen) atoms. The molecule has 4 N–H and O–H groups in total. The highest BCUT2D eigenvalue weighted by atomic mass is 16.4. The van der Waals surface area contributed by atoms with E-state index in [0.29, 0.717) is 0 Å². The lowest BCUT2D eigenvalue weighted by atomic mass is 9.53. The van der Waals surface area contributed by atoms with Crippen LogP contribution in [0.4, 0.5) is 0 Å². The zero-order valence-electron chi connectivity index (χ0n) is 11.8. The number of nitrogens with two attached hydrogens (primary N) is 1. The molecule has 4 rings (SSSR count). The van der Waals surface area contributed by atoms with Gasteiger partial charge in [-0.25, -0.2) is 0 Å². The van der Waals surface area contributed by atoms with E-state index in [1.807, 2.05) is 0 Å². The second-order valence-electron chi connectivity index (χ2n) is 7.23. The Bertz CT molecular complexity index is 386. The molecule has 5 nitrogen and oxygen atoms in total. The fourth-order valence-electron chi connectivity index (χ4n) is 5.03. The zero-order chi connectivity index (χ0) is 14.3. The number of carboxylic acids is 1. The summed E-state index contributed by atoms with van der Waals surface area (Å²) >= 11 is 0. The molecule has 0 aliphatic heterocycles. The molecule has 5 heteroatoms. The van der Waals surface area contributed by atoms with Gasteiger partial charge in [0, 0.05) is 12.0 Å². The van der Waals surface area contributed by atoms with Crippen molar-refractivity contribution in [1.29, 1.82) is 0 Å². The summed E-state index contributed by atoms with van der Waals surface area (Å²) < 4.78 is 0. The smallest absolute Gasteiger partial charge is 0.303 e. The van der Waals surface area contributed by atoms with Crippen LogP contribution < -0.4 is 11.1 Å². The van der Waals surface area contributed by atoms with E-state index in [9.17, 15) is 9.59 Å². The van der Waals surface area contributed by atoms with E-state index in [-0.39, 0.29) is 24.3 Å². The molecule has 0 aromatic rings. The third-order valence-electron chi connectivity index (χ3n) is 5.43. The highest BCUT2D eigenvalue weighted by Gasteiger charge is 2.51. The molecule has 0 spiro atoms. The second-order valence-corrected chi connectivity index (χ2v) is 7.23. The first-order chi connectivity index (χ1) is 9.46. The van der Waals surface area contributed by atoms with E-state index in [2.05, 4.69) is 5.32 Å². The largest absolute Gasteiger partial charge is 0.481 e. The summed E-state index contributed by atoms with van der Waals surface area (Å²) in [6, 6.07) is -0.695. The monoisotopic (exact) mass is 280 g/mol. The number of nitrogens with one attached hydrogen (secondary N) is 1. The molecule has 0 saturated heterocycles. The van der Waals surface area contributed by atoms with E-state index in [4.69, 9.17) is 10.8 Å². The van der Waals surface area contributed by atoms with Crippen LogP contribution in [0, 0.1) is 17.8 Å². The van der Waals surface area contributed by atoms with Gasteiger partial charge in [-0.05, 0) is 62.7 Å². The quantitative estimate of drug-likeness (QED) is 0.707. The van der Waals surface area contributed by atoms with Gasteiger partial charge in [0.25, 0.3) is 0 Å². The molecular weight excluding hydrogens is 256 g/mol. The lowest BCUT2D eigenvalue weighted by Crippen LogP contribution is -2.62. The molecule has 4 fully saturated rings. The maximum absolute atomic E-state index is 12.2. The van der Waals surface area contributed by atoms with Gasteiger partial charge in [-0.1, -0.05) is 0 Å². The van der Waals surface area contributed by atoms with Crippen LogP contribution in [0.15, 0.2) is 0 Å². The molecule has 4 aliphatic carbocycles. The van der Waals surface area contributed by atoms with Gasteiger partial charge in [0.05, 0.1) is 6.04 Å². The van der Waals surface area contributed by atoms with Crippen LogP contribution in [-0.4, -0.2) is 28.6 Å². The lowest BCUT2D eigenvalue weighted by molar-refractivity contribution is -0.137. The van der Waals surface area contributed by atoms with Crippen molar-refractivity contribution in [3.63, 3.8) is 0 Å². The van der Waals surface area contributed by atoms with E-state index in [1.165, 1.54) is 19.3 Å². The number of amides is 1. The average Bonchev–Trinajstić information content (AvgIpc) is 2.33. The van der Waals surface area contributed by atoms with Gasteiger partial charge in [0.1, 0.15) is 0 Å². The van der Waals surface area contributed by atoms with Gasteiger partial charge in [-0.3, -0.25) is 9.59 Å². The SMILES string of the molecule is N[C@H](CCC(=O)O)C(=O)NC12CC3CC(CC(C3)C1)C2. The Balaban J connectivity index is 1.59. The minimum atomic E-state index is -0.900. The number of hydrogen-bond acceptors (Lipinski definition) is 3. The fourth-order valence-corrected chi connectivity index (χ4v) is 5.03. The molecule has 0 aromatic heterocycles. The van der Waals surface area contributed by atoms with Crippen LogP contribution in [0.2, 0.25) is 0 Å². The number of hydrogen-bond donors (Lipinski definition) is 3. The summed E-state index contributed by atoms with van der Waals surface area (Å²) in [5, 5.41) is 11.9. The molecule has 4 saturated carbocycles. The second kappa shape index (κ2) is 5.02. The van der Waals surface area contributed by atoms with Gasteiger partial charge >= 0.3 is 5.97 Å². The van der Waals surface area contributed by atoms with E-state index in [1.54, 1.807) is 0 Å². The Kier molecular flexibility index (Phi) is 3.48. The Morgan fingerprint density at radius 1 is 1.15 bits per heavy atom.